The number of hydrogen-bond acceptors (Lipinski definition) is 6. The van der Waals surface area contributed by atoms with Gasteiger partial charge in [0.15, 0.2) is 0 Å². The number of ether oxygens (including phenoxy) is 2. The highest BCUT2D eigenvalue weighted by molar-refractivity contribution is 5.98. The first-order valence-corrected chi connectivity index (χ1v) is 15.1. The highest BCUT2D eigenvalue weighted by atomic mass is 16.5. The number of rotatable bonds is 8. The maximum atomic E-state index is 13.8. The lowest BCUT2D eigenvalue weighted by Crippen LogP contribution is -2.53. The molecule has 1 aromatic rings. The average Bonchev–Trinajstić information content (AvgIpc) is 3.64. The van der Waals surface area contributed by atoms with Crippen LogP contribution in [0, 0.1) is 39.9 Å². The van der Waals surface area contributed by atoms with Gasteiger partial charge in [0.2, 0.25) is 5.91 Å². The smallest absolute Gasteiger partial charge is 0.309 e. The predicted molar refractivity (Wildman–Crippen MR) is 151 cm³/mol. The molecule has 0 aliphatic heterocycles. The van der Waals surface area contributed by atoms with Crippen LogP contribution in [0.3, 0.4) is 0 Å². The zero-order chi connectivity index (χ0) is 29.5. The Morgan fingerprint density at radius 1 is 0.976 bits per heavy atom. The SMILES string of the molecule is COc1cc(C#N)c(OC2CCC(C)(C(=O)O)CC2)cc1C(=O)N[C@@H]1[C@H]2CC[C@H](C2)[C@@H]1C(=O)N[C@@H]1CCCC1(C)C. The number of carbonyl (C=O) groups excluding carboxylic acids is 2. The van der Waals surface area contributed by atoms with Gasteiger partial charge in [-0.2, -0.15) is 5.26 Å². The number of nitrogens with one attached hydrogen (secondary N) is 2. The quantitative estimate of drug-likeness (QED) is 0.411. The standard InChI is InChI=1S/C32H43N3O6/c1-31(2)11-5-6-25(31)34-29(37)26-18-7-8-19(14-18)27(26)35-28(36)22-16-23(20(17-33)15-24(22)40-4)41-21-9-12-32(3,13-10-21)30(38)39/h15-16,18-19,21,25-27H,5-14H2,1-4H3,(H,34,37)(H,35,36)(H,38,39)/t18-,19+,21?,25-,26+,27-,32?/m1/s1. The average molecular weight is 566 g/mol. The number of amides is 2. The maximum absolute atomic E-state index is 13.8. The van der Waals surface area contributed by atoms with Crippen LogP contribution >= 0.6 is 0 Å². The fraction of sp³-hybridized carbons (Fsp3) is 0.688. The number of nitrogens with zero attached hydrogens (tertiary/aromatic N) is 1. The molecule has 1 aromatic carbocycles. The molecule has 9 heteroatoms. The first-order valence-electron chi connectivity index (χ1n) is 15.1. The molecule has 0 spiro atoms. The maximum Gasteiger partial charge on any atom is 0.309 e. The van der Waals surface area contributed by atoms with Gasteiger partial charge >= 0.3 is 5.97 Å². The molecule has 2 amide bonds. The summed E-state index contributed by atoms with van der Waals surface area (Å²) in [5.41, 5.74) is -0.198. The molecule has 5 rings (SSSR count). The third-order valence-corrected chi connectivity index (χ3v) is 10.6. The lowest BCUT2D eigenvalue weighted by atomic mass is 9.75. The van der Waals surface area contributed by atoms with Crippen LogP contribution in [-0.2, 0) is 9.59 Å². The van der Waals surface area contributed by atoms with E-state index < -0.39 is 11.4 Å². The van der Waals surface area contributed by atoms with Crippen molar-refractivity contribution >= 4 is 17.8 Å². The van der Waals surface area contributed by atoms with Crippen molar-refractivity contribution in [2.75, 3.05) is 7.11 Å². The molecule has 0 saturated heterocycles. The molecular formula is C32H43N3O6. The van der Waals surface area contributed by atoms with Gasteiger partial charge in [0, 0.05) is 18.2 Å². The van der Waals surface area contributed by atoms with E-state index in [2.05, 4.69) is 30.6 Å². The minimum atomic E-state index is -0.809. The van der Waals surface area contributed by atoms with Crippen molar-refractivity contribution in [2.45, 2.75) is 103 Å². The van der Waals surface area contributed by atoms with Gasteiger partial charge in [-0.05, 0) is 88.0 Å². The van der Waals surface area contributed by atoms with E-state index in [1.54, 1.807) is 13.0 Å². The number of carboxylic acids is 1. The van der Waals surface area contributed by atoms with Crippen molar-refractivity contribution in [3.8, 4) is 17.6 Å². The summed E-state index contributed by atoms with van der Waals surface area (Å²) in [7, 11) is 1.46. The van der Waals surface area contributed by atoms with E-state index in [0.717, 1.165) is 38.5 Å². The summed E-state index contributed by atoms with van der Waals surface area (Å²) >= 11 is 0. The summed E-state index contributed by atoms with van der Waals surface area (Å²) in [5.74, 6) is -0.310. The second-order valence-electron chi connectivity index (χ2n) is 13.6. The molecule has 4 saturated carbocycles. The van der Waals surface area contributed by atoms with Crippen LogP contribution in [0.2, 0.25) is 0 Å². The van der Waals surface area contributed by atoms with E-state index in [4.69, 9.17) is 9.47 Å². The van der Waals surface area contributed by atoms with Crippen LogP contribution in [0.1, 0.15) is 101 Å². The van der Waals surface area contributed by atoms with E-state index in [1.807, 2.05) is 0 Å². The number of hydrogen-bond donors (Lipinski definition) is 3. The van der Waals surface area contributed by atoms with Crippen LogP contribution in [0.5, 0.6) is 11.5 Å². The van der Waals surface area contributed by atoms with Gasteiger partial charge in [-0.25, -0.2) is 0 Å². The molecule has 4 aliphatic carbocycles. The number of aliphatic carboxylic acids is 1. The fourth-order valence-electron chi connectivity index (χ4n) is 7.80. The summed E-state index contributed by atoms with van der Waals surface area (Å²) < 4.78 is 11.7. The number of fused-ring (bicyclic) bond motifs is 2. The fourth-order valence-corrected chi connectivity index (χ4v) is 7.80. The summed E-state index contributed by atoms with van der Waals surface area (Å²) in [5, 5.41) is 25.9. The van der Waals surface area contributed by atoms with Gasteiger partial charge in [0.1, 0.15) is 17.6 Å². The molecule has 4 aliphatic rings. The molecule has 0 unspecified atom stereocenters. The molecule has 0 radical (unpaired) electrons. The summed E-state index contributed by atoms with van der Waals surface area (Å²) in [6.07, 6.45) is 7.90. The zero-order valence-corrected chi connectivity index (χ0v) is 24.6. The third kappa shape index (κ3) is 5.62. The van der Waals surface area contributed by atoms with Crippen LogP contribution in [0.4, 0.5) is 0 Å². The predicted octanol–water partition coefficient (Wildman–Crippen LogP) is 4.82. The largest absolute Gasteiger partial charge is 0.496 e. The van der Waals surface area contributed by atoms with Gasteiger partial charge in [0.05, 0.1) is 35.7 Å². The first kappa shape index (κ1) is 29.2. The van der Waals surface area contributed by atoms with Crippen molar-refractivity contribution in [1.29, 1.82) is 5.26 Å². The van der Waals surface area contributed by atoms with E-state index >= 15 is 0 Å². The van der Waals surface area contributed by atoms with Gasteiger partial charge in [-0.15, -0.1) is 0 Å². The Labute approximate surface area is 242 Å². The first-order chi connectivity index (χ1) is 19.5. The molecule has 222 valence electrons. The number of nitriles is 1. The second-order valence-corrected chi connectivity index (χ2v) is 13.6. The minimum absolute atomic E-state index is 0.0453. The number of carbonyl (C=O) groups is 3. The van der Waals surface area contributed by atoms with E-state index in [9.17, 15) is 24.8 Å². The second kappa shape index (κ2) is 11.2. The van der Waals surface area contributed by atoms with E-state index in [0.29, 0.717) is 25.7 Å². The molecule has 4 fully saturated rings. The Balaban J connectivity index is 1.33. The Kier molecular flexibility index (Phi) is 7.97. The highest BCUT2D eigenvalue weighted by Crippen LogP contribution is 2.49. The Morgan fingerprint density at radius 2 is 1.68 bits per heavy atom. The molecule has 41 heavy (non-hydrogen) atoms. The van der Waals surface area contributed by atoms with E-state index in [-0.39, 0.29) is 75.8 Å². The van der Waals surface area contributed by atoms with Crippen molar-refractivity contribution in [2.24, 2.45) is 28.6 Å². The number of carboxylic acid groups (broad SMARTS) is 1. The lowest BCUT2D eigenvalue weighted by molar-refractivity contribution is -0.150. The van der Waals surface area contributed by atoms with Crippen LogP contribution in [0.25, 0.3) is 0 Å². The number of methoxy groups -OCH3 is 1. The Morgan fingerprint density at radius 3 is 2.29 bits per heavy atom. The van der Waals surface area contributed by atoms with Gasteiger partial charge < -0.3 is 25.2 Å². The van der Waals surface area contributed by atoms with Gasteiger partial charge in [-0.1, -0.05) is 20.3 Å². The van der Waals surface area contributed by atoms with Crippen molar-refractivity contribution < 1.29 is 29.0 Å². The summed E-state index contributed by atoms with van der Waals surface area (Å²) in [6, 6.07) is 5.10. The van der Waals surface area contributed by atoms with Crippen molar-refractivity contribution in [1.82, 2.24) is 10.6 Å². The molecule has 5 atom stereocenters. The van der Waals surface area contributed by atoms with Crippen LogP contribution in [-0.4, -0.2) is 48.2 Å². The summed E-state index contributed by atoms with van der Waals surface area (Å²) in [4.78, 5) is 39.0. The molecule has 2 bridgehead atoms. The number of benzene rings is 1. The zero-order valence-electron chi connectivity index (χ0n) is 24.6. The monoisotopic (exact) mass is 565 g/mol. The summed E-state index contributed by atoms with van der Waals surface area (Å²) in [6.45, 7) is 6.17. The van der Waals surface area contributed by atoms with Gasteiger partial charge in [0.25, 0.3) is 5.91 Å². The molecule has 9 nitrogen and oxygen atoms in total. The Bertz CT molecular complexity index is 1240. The molecule has 3 N–H and O–H groups in total. The highest BCUT2D eigenvalue weighted by Gasteiger charge is 2.52. The van der Waals surface area contributed by atoms with E-state index in [1.165, 1.54) is 13.2 Å². The normalized spacial score (nSPS) is 33.5. The van der Waals surface area contributed by atoms with Crippen molar-refractivity contribution in [3.63, 3.8) is 0 Å². The molecule has 0 aromatic heterocycles. The van der Waals surface area contributed by atoms with Crippen molar-refractivity contribution in [3.05, 3.63) is 23.3 Å². The van der Waals surface area contributed by atoms with Gasteiger partial charge in [-0.3, -0.25) is 14.4 Å². The van der Waals surface area contributed by atoms with Crippen LogP contribution in [0.15, 0.2) is 12.1 Å². The minimum Gasteiger partial charge on any atom is -0.496 e. The van der Waals surface area contributed by atoms with Crippen LogP contribution < -0.4 is 20.1 Å². The Hall–Kier alpha value is -3.28. The third-order valence-electron chi connectivity index (χ3n) is 10.6. The molecule has 0 heterocycles. The molecular weight excluding hydrogens is 522 g/mol. The lowest BCUT2D eigenvalue weighted by Gasteiger charge is -2.34. The topological polar surface area (TPSA) is 138 Å².